The highest BCUT2D eigenvalue weighted by atomic mass is 32.1. The first-order valence-electron chi connectivity index (χ1n) is 7.71. The van der Waals surface area contributed by atoms with Crippen molar-refractivity contribution in [3.8, 4) is 0 Å². The van der Waals surface area contributed by atoms with Crippen LogP contribution < -0.4 is 4.90 Å². The number of aromatic nitrogens is 2. The highest BCUT2D eigenvalue weighted by molar-refractivity contribution is 7.22. The lowest BCUT2D eigenvalue weighted by Gasteiger charge is -2.20. The molecule has 0 aliphatic heterocycles. The Balaban J connectivity index is 2.01. The standard InChI is InChI=1S/C17H20N4O2S/c1-11-5-6-14-15(12(11)2)19-17(24-14)21(10-9-20(3)4)16(22)13-7-8-18-23-13/h5-8H,9-10H2,1-4H3. The van der Waals surface area contributed by atoms with Gasteiger partial charge in [-0.1, -0.05) is 22.6 Å². The van der Waals surface area contributed by atoms with Crippen LogP contribution in [0.3, 0.4) is 0 Å². The molecule has 0 aliphatic carbocycles. The second-order valence-electron chi connectivity index (χ2n) is 5.99. The van der Waals surface area contributed by atoms with E-state index in [0.29, 0.717) is 11.7 Å². The summed E-state index contributed by atoms with van der Waals surface area (Å²) in [5.41, 5.74) is 3.30. The Labute approximate surface area is 144 Å². The molecular formula is C17H20N4O2S. The number of rotatable bonds is 5. The number of aryl methyl sites for hydroxylation is 2. The first-order chi connectivity index (χ1) is 11.5. The number of thiazole rings is 1. The van der Waals surface area contributed by atoms with Gasteiger partial charge in [0.05, 0.1) is 16.4 Å². The van der Waals surface area contributed by atoms with Crippen LogP contribution in [0.15, 0.2) is 28.9 Å². The van der Waals surface area contributed by atoms with Gasteiger partial charge >= 0.3 is 0 Å². The summed E-state index contributed by atoms with van der Waals surface area (Å²) < 4.78 is 6.12. The normalized spacial score (nSPS) is 11.4. The lowest BCUT2D eigenvalue weighted by molar-refractivity contribution is 0.0949. The molecule has 2 heterocycles. The van der Waals surface area contributed by atoms with Crippen molar-refractivity contribution >= 4 is 32.6 Å². The van der Waals surface area contributed by atoms with Gasteiger partial charge in [0.25, 0.3) is 5.91 Å². The van der Waals surface area contributed by atoms with Gasteiger partial charge in [-0.15, -0.1) is 0 Å². The summed E-state index contributed by atoms with van der Waals surface area (Å²) in [6.07, 6.45) is 1.48. The van der Waals surface area contributed by atoms with Gasteiger partial charge in [0, 0.05) is 19.2 Å². The van der Waals surface area contributed by atoms with Gasteiger partial charge in [-0.3, -0.25) is 9.69 Å². The number of amides is 1. The molecule has 0 N–H and O–H groups in total. The third kappa shape index (κ3) is 3.18. The fourth-order valence-electron chi connectivity index (χ4n) is 2.37. The van der Waals surface area contributed by atoms with Gasteiger partial charge in [0.2, 0.25) is 5.76 Å². The molecule has 1 amide bonds. The highest BCUT2D eigenvalue weighted by Gasteiger charge is 2.24. The van der Waals surface area contributed by atoms with Crippen molar-refractivity contribution in [2.24, 2.45) is 0 Å². The Morgan fingerprint density at radius 1 is 1.21 bits per heavy atom. The number of carbonyl (C=O) groups excluding carboxylic acids is 1. The molecule has 0 fully saturated rings. The van der Waals surface area contributed by atoms with E-state index in [4.69, 9.17) is 9.51 Å². The largest absolute Gasteiger partial charge is 0.351 e. The molecule has 0 atom stereocenters. The van der Waals surface area contributed by atoms with E-state index in [1.165, 1.54) is 23.1 Å². The molecule has 0 saturated carbocycles. The molecule has 126 valence electrons. The molecule has 2 aromatic heterocycles. The molecule has 3 rings (SSSR count). The molecular weight excluding hydrogens is 324 g/mol. The van der Waals surface area contributed by atoms with Crippen LogP contribution >= 0.6 is 11.3 Å². The Kier molecular flexibility index (Phi) is 4.64. The summed E-state index contributed by atoms with van der Waals surface area (Å²) in [5.74, 6) is 0.00342. The van der Waals surface area contributed by atoms with E-state index in [-0.39, 0.29) is 11.7 Å². The lowest BCUT2D eigenvalue weighted by Crippen LogP contribution is -2.36. The molecule has 0 saturated heterocycles. The van der Waals surface area contributed by atoms with Crippen molar-refractivity contribution in [2.45, 2.75) is 13.8 Å². The van der Waals surface area contributed by atoms with Crippen LogP contribution in [-0.4, -0.2) is 48.1 Å². The predicted octanol–water partition coefficient (Wildman–Crippen LogP) is 3.11. The Morgan fingerprint density at radius 2 is 2.00 bits per heavy atom. The van der Waals surface area contributed by atoms with Crippen molar-refractivity contribution in [3.63, 3.8) is 0 Å². The molecule has 0 bridgehead atoms. The van der Waals surface area contributed by atoms with Crippen molar-refractivity contribution in [1.29, 1.82) is 0 Å². The van der Waals surface area contributed by atoms with Crippen molar-refractivity contribution in [1.82, 2.24) is 15.0 Å². The number of fused-ring (bicyclic) bond motifs is 1. The molecule has 3 aromatic rings. The van der Waals surface area contributed by atoms with Gasteiger partial charge in [-0.05, 0) is 45.1 Å². The number of hydrogen-bond acceptors (Lipinski definition) is 6. The molecule has 0 radical (unpaired) electrons. The fraction of sp³-hybridized carbons (Fsp3) is 0.353. The van der Waals surface area contributed by atoms with Crippen molar-refractivity contribution in [3.05, 3.63) is 41.3 Å². The van der Waals surface area contributed by atoms with Crippen LogP contribution in [0, 0.1) is 13.8 Å². The zero-order valence-electron chi connectivity index (χ0n) is 14.2. The predicted molar refractivity (Wildman–Crippen MR) is 95.8 cm³/mol. The van der Waals surface area contributed by atoms with Gasteiger partial charge < -0.3 is 9.42 Å². The first-order valence-corrected chi connectivity index (χ1v) is 8.53. The smallest absolute Gasteiger partial charge is 0.298 e. The lowest BCUT2D eigenvalue weighted by atomic mass is 10.1. The van der Waals surface area contributed by atoms with Crippen molar-refractivity contribution in [2.75, 3.05) is 32.1 Å². The summed E-state index contributed by atoms with van der Waals surface area (Å²) in [7, 11) is 3.95. The monoisotopic (exact) mass is 344 g/mol. The van der Waals surface area contributed by atoms with E-state index in [1.54, 1.807) is 11.0 Å². The number of hydrogen-bond donors (Lipinski definition) is 0. The molecule has 0 spiro atoms. The van der Waals surface area contributed by atoms with Crippen LogP contribution in [0.2, 0.25) is 0 Å². The van der Waals surface area contributed by atoms with E-state index >= 15 is 0 Å². The van der Waals surface area contributed by atoms with E-state index in [9.17, 15) is 4.79 Å². The van der Waals surface area contributed by atoms with Crippen molar-refractivity contribution < 1.29 is 9.32 Å². The fourth-order valence-corrected chi connectivity index (χ4v) is 3.42. The minimum absolute atomic E-state index is 0.220. The number of nitrogens with zero attached hydrogens (tertiary/aromatic N) is 4. The summed E-state index contributed by atoms with van der Waals surface area (Å²) >= 11 is 1.52. The highest BCUT2D eigenvalue weighted by Crippen LogP contribution is 2.32. The Hall–Kier alpha value is -2.25. The van der Waals surface area contributed by atoms with E-state index in [2.05, 4.69) is 31.1 Å². The zero-order chi connectivity index (χ0) is 17.3. The molecule has 6 nitrogen and oxygen atoms in total. The van der Waals surface area contributed by atoms with E-state index < -0.39 is 0 Å². The van der Waals surface area contributed by atoms with E-state index in [0.717, 1.165) is 22.3 Å². The van der Waals surface area contributed by atoms with Gasteiger partial charge in [0.15, 0.2) is 5.13 Å². The summed E-state index contributed by atoms with van der Waals surface area (Å²) in [4.78, 5) is 21.2. The summed E-state index contributed by atoms with van der Waals surface area (Å²) in [6, 6.07) is 5.72. The molecule has 0 unspecified atom stereocenters. The zero-order valence-corrected chi connectivity index (χ0v) is 15.1. The second kappa shape index (κ2) is 6.70. The number of likely N-dealkylation sites (N-methyl/N-ethyl adjacent to an activating group) is 1. The third-order valence-corrected chi connectivity index (χ3v) is 5.01. The quantitative estimate of drug-likeness (QED) is 0.712. The summed E-state index contributed by atoms with van der Waals surface area (Å²) in [6.45, 7) is 5.39. The van der Waals surface area contributed by atoms with Crippen LogP contribution in [0.1, 0.15) is 21.7 Å². The molecule has 7 heteroatoms. The maximum Gasteiger partial charge on any atom is 0.298 e. The van der Waals surface area contributed by atoms with Gasteiger partial charge in [0.1, 0.15) is 0 Å². The Bertz CT molecular complexity index is 855. The summed E-state index contributed by atoms with van der Waals surface area (Å²) in [5, 5.41) is 4.32. The second-order valence-corrected chi connectivity index (χ2v) is 7.00. The minimum atomic E-state index is -0.220. The average Bonchev–Trinajstić information content (AvgIpc) is 3.20. The molecule has 24 heavy (non-hydrogen) atoms. The third-order valence-electron chi connectivity index (χ3n) is 3.97. The first kappa shape index (κ1) is 16.6. The maximum atomic E-state index is 12.8. The minimum Gasteiger partial charge on any atom is -0.351 e. The topological polar surface area (TPSA) is 62.5 Å². The van der Waals surface area contributed by atoms with Crippen LogP contribution in [0.4, 0.5) is 5.13 Å². The van der Waals surface area contributed by atoms with Gasteiger partial charge in [-0.25, -0.2) is 4.98 Å². The number of carbonyl (C=O) groups is 1. The average molecular weight is 344 g/mol. The van der Waals surface area contributed by atoms with Crippen LogP contribution in [-0.2, 0) is 0 Å². The molecule has 0 aliphatic rings. The van der Waals surface area contributed by atoms with Gasteiger partial charge in [-0.2, -0.15) is 0 Å². The number of benzene rings is 1. The number of anilines is 1. The van der Waals surface area contributed by atoms with E-state index in [1.807, 2.05) is 19.0 Å². The molecule has 1 aromatic carbocycles. The maximum absolute atomic E-state index is 12.8. The SMILES string of the molecule is Cc1ccc2sc(N(CCN(C)C)C(=O)c3ccno3)nc2c1C. The Morgan fingerprint density at radius 3 is 2.67 bits per heavy atom. The van der Waals surface area contributed by atoms with Crippen LogP contribution in [0.5, 0.6) is 0 Å². The van der Waals surface area contributed by atoms with Crippen LogP contribution in [0.25, 0.3) is 10.2 Å².